The highest BCUT2D eigenvalue weighted by Crippen LogP contribution is 2.15. The van der Waals surface area contributed by atoms with Crippen molar-refractivity contribution in [2.45, 2.75) is 6.92 Å². The van der Waals surface area contributed by atoms with Crippen LogP contribution in [0.1, 0.15) is 22.8 Å². The first-order valence-electron chi connectivity index (χ1n) is 4.16. The predicted octanol–water partition coefficient (Wildman–Crippen LogP) is 2.01. The Bertz CT molecular complexity index is 438. The number of hydrogen-bond acceptors (Lipinski definition) is 3. The van der Waals surface area contributed by atoms with E-state index in [0.717, 1.165) is 12.1 Å². The van der Waals surface area contributed by atoms with Crippen LogP contribution in [0, 0.1) is 23.0 Å². The van der Waals surface area contributed by atoms with Gasteiger partial charge in [0.2, 0.25) is 0 Å². The molecule has 1 rings (SSSR count). The lowest BCUT2D eigenvalue weighted by Gasteiger charge is -2.03. The summed E-state index contributed by atoms with van der Waals surface area (Å²) in [7, 11) is 0. The Hall–Kier alpha value is -1.96. The molecule has 0 saturated carbocycles. The van der Waals surface area contributed by atoms with E-state index < -0.39 is 23.2 Å². The Labute approximate surface area is 84.9 Å². The van der Waals surface area contributed by atoms with Gasteiger partial charge < -0.3 is 4.74 Å². The number of rotatable bonds is 2. The van der Waals surface area contributed by atoms with Crippen LogP contribution in [0.4, 0.5) is 8.78 Å². The maximum atomic E-state index is 13.1. The molecule has 0 aromatic heterocycles. The Kier molecular flexibility index (Phi) is 3.34. The maximum absolute atomic E-state index is 13.1. The first-order chi connectivity index (χ1) is 7.10. The van der Waals surface area contributed by atoms with E-state index in [1.54, 1.807) is 13.0 Å². The average molecular weight is 211 g/mol. The van der Waals surface area contributed by atoms with Gasteiger partial charge in [-0.3, -0.25) is 0 Å². The smallest absolute Gasteiger partial charge is 0.341 e. The van der Waals surface area contributed by atoms with Gasteiger partial charge in [-0.15, -0.1) is 0 Å². The highest BCUT2D eigenvalue weighted by molar-refractivity contribution is 5.90. The molecule has 0 N–H and O–H groups in total. The highest BCUT2D eigenvalue weighted by atomic mass is 19.2. The van der Waals surface area contributed by atoms with Crippen LogP contribution < -0.4 is 0 Å². The van der Waals surface area contributed by atoms with Crippen LogP contribution in [-0.2, 0) is 4.74 Å². The van der Waals surface area contributed by atoms with Gasteiger partial charge in [0.25, 0.3) is 0 Å². The second kappa shape index (κ2) is 4.51. The van der Waals surface area contributed by atoms with E-state index in [2.05, 4.69) is 4.74 Å². The fourth-order valence-electron chi connectivity index (χ4n) is 1.01. The van der Waals surface area contributed by atoms with Gasteiger partial charge in [0.05, 0.1) is 23.8 Å². The second-order valence-corrected chi connectivity index (χ2v) is 2.65. The SMILES string of the molecule is CCOC(=O)c1cc(C#N)cc(F)c1F. The molecule has 0 fully saturated rings. The molecule has 3 nitrogen and oxygen atoms in total. The number of esters is 1. The van der Waals surface area contributed by atoms with E-state index in [4.69, 9.17) is 5.26 Å². The standard InChI is InChI=1S/C10H7F2NO2/c1-2-15-10(14)7-3-6(5-13)4-8(11)9(7)12/h3-4H,2H2,1H3. The van der Waals surface area contributed by atoms with Crippen LogP contribution in [0.15, 0.2) is 12.1 Å². The molecule has 0 spiro atoms. The van der Waals surface area contributed by atoms with Crippen molar-refractivity contribution in [2.75, 3.05) is 6.61 Å². The van der Waals surface area contributed by atoms with Crippen molar-refractivity contribution < 1.29 is 18.3 Å². The Balaban J connectivity index is 3.23. The van der Waals surface area contributed by atoms with E-state index in [0.29, 0.717) is 0 Å². The fourth-order valence-corrected chi connectivity index (χ4v) is 1.01. The molecule has 0 aliphatic heterocycles. The van der Waals surface area contributed by atoms with Crippen LogP contribution in [-0.4, -0.2) is 12.6 Å². The molecule has 0 unspecified atom stereocenters. The summed E-state index contributed by atoms with van der Waals surface area (Å²) < 4.78 is 30.5. The van der Waals surface area contributed by atoms with Gasteiger partial charge in [0.15, 0.2) is 11.6 Å². The van der Waals surface area contributed by atoms with E-state index in [-0.39, 0.29) is 12.2 Å². The Morgan fingerprint density at radius 2 is 2.20 bits per heavy atom. The van der Waals surface area contributed by atoms with Crippen LogP contribution in [0.2, 0.25) is 0 Å². The summed E-state index contributed by atoms with van der Waals surface area (Å²) in [6, 6.07) is 3.29. The fraction of sp³-hybridized carbons (Fsp3) is 0.200. The van der Waals surface area contributed by atoms with E-state index in [1.165, 1.54) is 0 Å². The number of nitriles is 1. The summed E-state index contributed by atoms with van der Waals surface area (Å²) in [4.78, 5) is 11.1. The number of hydrogen-bond donors (Lipinski definition) is 0. The second-order valence-electron chi connectivity index (χ2n) is 2.65. The van der Waals surface area contributed by atoms with Gasteiger partial charge in [0, 0.05) is 0 Å². The van der Waals surface area contributed by atoms with E-state index in [9.17, 15) is 13.6 Å². The summed E-state index contributed by atoms with van der Waals surface area (Å²) in [5, 5.41) is 8.50. The van der Waals surface area contributed by atoms with Gasteiger partial charge in [-0.25, -0.2) is 13.6 Å². The molecular formula is C10H7F2NO2. The first kappa shape index (κ1) is 11.1. The van der Waals surface area contributed by atoms with Crippen LogP contribution in [0.3, 0.4) is 0 Å². The van der Waals surface area contributed by atoms with Crippen LogP contribution >= 0.6 is 0 Å². The lowest BCUT2D eigenvalue weighted by atomic mass is 10.1. The summed E-state index contributed by atoms with van der Waals surface area (Å²) in [5.74, 6) is -3.52. The quantitative estimate of drug-likeness (QED) is 0.703. The molecule has 0 radical (unpaired) electrons. The molecule has 0 heterocycles. The average Bonchev–Trinajstić information content (AvgIpc) is 2.22. The lowest BCUT2D eigenvalue weighted by Crippen LogP contribution is -2.09. The lowest BCUT2D eigenvalue weighted by molar-refractivity contribution is 0.0519. The van der Waals surface area contributed by atoms with E-state index >= 15 is 0 Å². The van der Waals surface area contributed by atoms with Gasteiger partial charge in [-0.05, 0) is 19.1 Å². The zero-order valence-corrected chi connectivity index (χ0v) is 7.88. The zero-order valence-electron chi connectivity index (χ0n) is 7.88. The molecule has 1 aromatic carbocycles. The molecule has 1 aromatic rings. The molecule has 0 bridgehead atoms. The number of carbonyl (C=O) groups excluding carboxylic acids is 1. The third-order valence-corrected chi connectivity index (χ3v) is 1.65. The van der Waals surface area contributed by atoms with Crippen molar-refractivity contribution in [1.29, 1.82) is 5.26 Å². The third-order valence-electron chi connectivity index (χ3n) is 1.65. The minimum Gasteiger partial charge on any atom is -0.462 e. The van der Waals surface area contributed by atoms with Crippen molar-refractivity contribution in [3.05, 3.63) is 34.9 Å². The maximum Gasteiger partial charge on any atom is 0.341 e. The number of nitrogens with zero attached hydrogens (tertiary/aromatic N) is 1. The highest BCUT2D eigenvalue weighted by Gasteiger charge is 2.18. The van der Waals surface area contributed by atoms with Crippen molar-refractivity contribution >= 4 is 5.97 Å². The molecule has 15 heavy (non-hydrogen) atoms. The van der Waals surface area contributed by atoms with Crippen molar-refractivity contribution in [3.63, 3.8) is 0 Å². The van der Waals surface area contributed by atoms with Crippen molar-refractivity contribution in [2.24, 2.45) is 0 Å². The molecular weight excluding hydrogens is 204 g/mol. The molecule has 78 valence electrons. The minimum atomic E-state index is -1.30. The summed E-state index contributed by atoms with van der Waals surface area (Å²) in [5.41, 5.74) is -0.689. The zero-order chi connectivity index (χ0) is 11.4. The van der Waals surface area contributed by atoms with Crippen molar-refractivity contribution in [3.8, 4) is 6.07 Å². The van der Waals surface area contributed by atoms with Crippen molar-refractivity contribution in [1.82, 2.24) is 0 Å². The molecule has 0 amide bonds. The first-order valence-corrected chi connectivity index (χ1v) is 4.16. The normalized spacial score (nSPS) is 9.47. The van der Waals surface area contributed by atoms with Gasteiger partial charge in [0.1, 0.15) is 0 Å². The van der Waals surface area contributed by atoms with Gasteiger partial charge in [-0.1, -0.05) is 0 Å². The monoisotopic (exact) mass is 211 g/mol. The predicted molar refractivity (Wildman–Crippen MR) is 47.0 cm³/mol. The van der Waals surface area contributed by atoms with Gasteiger partial charge >= 0.3 is 5.97 Å². The third kappa shape index (κ3) is 2.29. The molecule has 0 saturated heterocycles. The Morgan fingerprint density at radius 1 is 1.53 bits per heavy atom. The topological polar surface area (TPSA) is 50.1 Å². The minimum absolute atomic E-state index is 0.0523. The number of ether oxygens (including phenoxy) is 1. The van der Waals surface area contributed by atoms with E-state index in [1.807, 2.05) is 0 Å². The molecule has 0 aliphatic carbocycles. The summed E-state index contributed by atoms with van der Waals surface area (Å²) in [6.07, 6.45) is 0. The molecule has 5 heteroatoms. The van der Waals surface area contributed by atoms with Crippen LogP contribution in [0.25, 0.3) is 0 Å². The molecule has 0 aliphatic rings. The number of benzene rings is 1. The van der Waals surface area contributed by atoms with Gasteiger partial charge in [-0.2, -0.15) is 5.26 Å². The molecule has 0 atom stereocenters. The Morgan fingerprint density at radius 3 is 2.73 bits per heavy atom. The summed E-state index contributed by atoms with van der Waals surface area (Å²) >= 11 is 0. The number of halogens is 2. The number of carbonyl (C=O) groups is 1. The summed E-state index contributed by atoms with van der Waals surface area (Å²) in [6.45, 7) is 1.59. The van der Waals surface area contributed by atoms with Crippen LogP contribution in [0.5, 0.6) is 0 Å². The largest absolute Gasteiger partial charge is 0.462 e.